The minimum Gasteiger partial charge on any atom is -0.508 e. The molecule has 2 rings (SSSR count). The first kappa shape index (κ1) is 19.2. The fourth-order valence-electron chi connectivity index (χ4n) is 2.24. The molecule has 0 spiro atoms. The van der Waals surface area contributed by atoms with Gasteiger partial charge in [0.25, 0.3) is 5.69 Å². The number of nitrogens with zero attached hydrogens (tertiary/aromatic N) is 1. The van der Waals surface area contributed by atoms with Gasteiger partial charge in [-0.1, -0.05) is 12.1 Å². The summed E-state index contributed by atoms with van der Waals surface area (Å²) in [4.78, 5) is 22.3. The summed E-state index contributed by atoms with van der Waals surface area (Å²) >= 11 is 0. The Morgan fingerprint density at radius 1 is 1.23 bits per heavy atom. The molecule has 0 aliphatic rings. The van der Waals surface area contributed by atoms with Crippen molar-refractivity contribution in [2.75, 3.05) is 0 Å². The number of benzene rings is 2. The second kappa shape index (κ2) is 7.83. The number of carbonyl (C=O) groups is 1. The van der Waals surface area contributed by atoms with E-state index < -0.39 is 22.6 Å². The van der Waals surface area contributed by atoms with E-state index in [9.17, 15) is 25.1 Å². The van der Waals surface area contributed by atoms with E-state index in [4.69, 9.17) is 9.47 Å². The summed E-state index contributed by atoms with van der Waals surface area (Å²) in [6, 6.07) is 11.7. The molecule has 138 valence electrons. The van der Waals surface area contributed by atoms with E-state index in [1.54, 1.807) is 18.2 Å². The van der Waals surface area contributed by atoms with Gasteiger partial charge in [0.15, 0.2) is 0 Å². The van der Waals surface area contributed by atoms with Crippen LogP contribution in [0.5, 0.6) is 11.5 Å². The summed E-state index contributed by atoms with van der Waals surface area (Å²) in [6.45, 7) is 2.73. The lowest BCUT2D eigenvalue weighted by molar-refractivity contribution is -0.386. The maximum Gasteiger partial charge on any atom is 0.350 e. The summed E-state index contributed by atoms with van der Waals surface area (Å²) < 4.78 is 11.2. The van der Waals surface area contributed by atoms with Crippen LogP contribution in [-0.4, -0.2) is 32.8 Å². The number of carboxylic acid groups (broad SMARTS) is 1. The highest BCUT2D eigenvalue weighted by Crippen LogP contribution is 2.27. The monoisotopic (exact) mass is 361 g/mol. The van der Waals surface area contributed by atoms with Crippen LogP contribution in [-0.2, 0) is 16.1 Å². The minimum absolute atomic E-state index is 0.0232. The molecule has 26 heavy (non-hydrogen) atoms. The number of hydrogen-bond acceptors (Lipinski definition) is 6. The lowest BCUT2D eigenvalue weighted by atomic mass is 10.00. The Hall–Kier alpha value is -3.13. The average molecular weight is 361 g/mol. The zero-order valence-corrected chi connectivity index (χ0v) is 14.3. The fourth-order valence-corrected chi connectivity index (χ4v) is 2.24. The van der Waals surface area contributed by atoms with Crippen molar-refractivity contribution in [1.82, 2.24) is 0 Å². The minimum atomic E-state index is -1.74. The lowest BCUT2D eigenvalue weighted by Crippen LogP contribution is -2.51. The number of aromatic hydroxyl groups is 1. The van der Waals surface area contributed by atoms with Crippen molar-refractivity contribution in [2.24, 2.45) is 0 Å². The van der Waals surface area contributed by atoms with Crippen LogP contribution >= 0.6 is 0 Å². The lowest BCUT2D eigenvalue weighted by Gasteiger charge is -2.32. The quantitative estimate of drug-likeness (QED) is 0.547. The molecule has 0 aliphatic heterocycles. The number of carboxylic acids is 1. The number of nitro groups is 1. The van der Waals surface area contributed by atoms with Gasteiger partial charge in [0.1, 0.15) is 17.6 Å². The maximum absolute atomic E-state index is 11.8. The SMILES string of the molecule is CC(OCc1ccccc1[N+](=O)[O-])C(C)(Oc1ccc(O)cc1)C(=O)O. The molecule has 0 saturated heterocycles. The van der Waals surface area contributed by atoms with Gasteiger partial charge in [-0.3, -0.25) is 10.1 Å². The van der Waals surface area contributed by atoms with E-state index in [2.05, 4.69) is 0 Å². The number of nitro benzene ring substituents is 1. The van der Waals surface area contributed by atoms with Gasteiger partial charge >= 0.3 is 5.97 Å². The predicted octanol–water partition coefficient (Wildman–Crippen LogP) is 3.13. The normalized spacial score (nSPS) is 14.2. The van der Waals surface area contributed by atoms with E-state index in [1.165, 1.54) is 44.2 Å². The Morgan fingerprint density at radius 2 is 1.85 bits per heavy atom. The van der Waals surface area contributed by atoms with E-state index in [-0.39, 0.29) is 23.8 Å². The molecule has 0 saturated carbocycles. The van der Waals surface area contributed by atoms with Gasteiger partial charge in [0.05, 0.1) is 17.1 Å². The van der Waals surface area contributed by atoms with Crippen LogP contribution in [0.15, 0.2) is 48.5 Å². The van der Waals surface area contributed by atoms with Crippen LogP contribution in [0.1, 0.15) is 19.4 Å². The van der Waals surface area contributed by atoms with Crippen molar-refractivity contribution in [2.45, 2.75) is 32.2 Å². The summed E-state index contributed by atoms with van der Waals surface area (Å²) in [7, 11) is 0. The van der Waals surface area contributed by atoms with Gasteiger partial charge in [-0.2, -0.15) is 0 Å². The van der Waals surface area contributed by atoms with Crippen LogP contribution in [0.3, 0.4) is 0 Å². The summed E-state index contributed by atoms with van der Waals surface area (Å²) in [6.07, 6.45) is -0.923. The van der Waals surface area contributed by atoms with Crippen molar-refractivity contribution in [3.05, 3.63) is 64.2 Å². The summed E-state index contributed by atoms with van der Waals surface area (Å²) in [5.74, 6) is -0.982. The molecule has 0 amide bonds. The molecule has 0 aliphatic carbocycles. The van der Waals surface area contributed by atoms with E-state index in [1.807, 2.05) is 0 Å². The second-order valence-electron chi connectivity index (χ2n) is 5.85. The van der Waals surface area contributed by atoms with Crippen LogP contribution in [0.4, 0.5) is 5.69 Å². The van der Waals surface area contributed by atoms with Gasteiger partial charge in [0, 0.05) is 6.07 Å². The van der Waals surface area contributed by atoms with Gasteiger partial charge in [0.2, 0.25) is 5.60 Å². The van der Waals surface area contributed by atoms with Gasteiger partial charge in [-0.05, 0) is 44.2 Å². The van der Waals surface area contributed by atoms with Crippen molar-refractivity contribution in [3.63, 3.8) is 0 Å². The molecule has 2 atom stereocenters. The molecule has 8 nitrogen and oxygen atoms in total. The standard InChI is InChI=1S/C18H19NO7/c1-12(25-11-13-5-3-4-6-16(13)19(23)24)18(2,17(21)22)26-15-9-7-14(20)8-10-15/h3-10,12,20H,11H2,1-2H3,(H,21,22). The van der Waals surface area contributed by atoms with Crippen molar-refractivity contribution < 1.29 is 29.4 Å². The first-order valence-corrected chi connectivity index (χ1v) is 7.79. The smallest absolute Gasteiger partial charge is 0.350 e. The number of aliphatic carboxylic acids is 1. The van der Waals surface area contributed by atoms with Gasteiger partial charge < -0.3 is 19.7 Å². The molecule has 0 aromatic heterocycles. The highest BCUT2D eigenvalue weighted by molar-refractivity contribution is 5.78. The third-order valence-electron chi connectivity index (χ3n) is 4.04. The van der Waals surface area contributed by atoms with Gasteiger partial charge in [-0.25, -0.2) is 4.79 Å². The molecule has 2 N–H and O–H groups in total. The zero-order valence-electron chi connectivity index (χ0n) is 14.3. The van der Waals surface area contributed by atoms with Crippen LogP contribution in [0.25, 0.3) is 0 Å². The number of phenolic OH excluding ortho intramolecular Hbond substituents is 1. The van der Waals surface area contributed by atoms with Gasteiger partial charge in [-0.15, -0.1) is 0 Å². The highest BCUT2D eigenvalue weighted by atomic mass is 16.6. The summed E-state index contributed by atoms with van der Waals surface area (Å²) in [5.41, 5.74) is -1.50. The van der Waals surface area contributed by atoms with Crippen LogP contribution in [0.2, 0.25) is 0 Å². The van der Waals surface area contributed by atoms with Crippen LogP contribution in [0, 0.1) is 10.1 Å². The fraction of sp³-hybridized carbons (Fsp3) is 0.278. The average Bonchev–Trinajstić information content (AvgIpc) is 2.61. The molecular formula is C18H19NO7. The highest BCUT2D eigenvalue weighted by Gasteiger charge is 2.43. The number of rotatable bonds is 8. The molecular weight excluding hydrogens is 342 g/mol. The third kappa shape index (κ3) is 4.28. The Bertz CT molecular complexity index is 790. The second-order valence-corrected chi connectivity index (χ2v) is 5.85. The first-order valence-electron chi connectivity index (χ1n) is 7.79. The maximum atomic E-state index is 11.8. The van der Waals surface area contributed by atoms with E-state index in [0.29, 0.717) is 5.56 Å². The molecule has 0 heterocycles. The Labute approximate surface area is 149 Å². The van der Waals surface area contributed by atoms with E-state index in [0.717, 1.165) is 0 Å². The molecule has 0 bridgehead atoms. The molecule has 2 aromatic rings. The topological polar surface area (TPSA) is 119 Å². The number of hydrogen-bond donors (Lipinski definition) is 2. The Balaban J connectivity index is 2.15. The third-order valence-corrected chi connectivity index (χ3v) is 4.04. The van der Waals surface area contributed by atoms with Crippen molar-refractivity contribution in [1.29, 1.82) is 0 Å². The number of phenols is 1. The van der Waals surface area contributed by atoms with Crippen molar-refractivity contribution >= 4 is 11.7 Å². The largest absolute Gasteiger partial charge is 0.508 e. The van der Waals surface area contributed by atoms with E-state index >= 15 is 0 Å². The predicted molar refractivity (Wildman–Crippen MR) is 92.1 cm³/mol. The Kier molecular flexibility index (Phi) is 5.78. The molecule has 0 radical (unpaired) electrons. The zero-order chi connectivity index (χ0) is 19.3. The first-order chi connectivity index (χ1) is 12.2. The van der Waals surface area contributed by atoms with Crippen molar-refractivity contribution in [3.8, 4) is 11.5 Å². The summed E-state index contributed by atoms with van der Waals surface area (Å²) in [5, 5.41) is 30.0. The molecule has 2 unspecified atom stereocenters. The molecule has 0 fully saturated rings. The number of ether oxygens (including phenoxy) is 2. The Morgan fingerprint density at radius 3 is 2.42 bits per heavy atom. The molecule has 8 heteroatoms. The number of para-hydroxylation sites is 1. The molecule has 2 aromatic carbocycles. The van der Waals surface area contributed by atoms with Crippen LogP contribution < -0.4 is 4.74 Å².